The van der Waals surface area contributed by atoms with Gasteiger partial charge in [-0.1, -0.05) is 55.3 Å². The lowest BCUT2D eigenvalue weighted by atomic mass is 9.80. The van der Waals surface area contributed by atoms with E-state index in [4.69, 9.17) is 4.74 Å². The summed E-state index contributed by atoms with van der Waals surface area (Å²) < 4.78 is 8.40. The summed E-state index contributed by atoms with van der Waals surface area (Å²) >= 11 is 0. The summed E-state index contributed by atoms with van der Waals surface area (Å²) in [6.07, 6.45) is 10.6. The van der Waals surface area contributed by atoms with Crippen LogP contribution in [0.4, 0.5) is 16.2 Å². The predicted octanol–water partition coefficient (Wildman–Crippen LogP) is 10.2. The minimum atomic E-state index is -0.583. The number of nitrogens with zero attached hydrogens (tertiary/aromatic N) is 3. The summed E-state index contributed by atoms with van der Waals surface area (Å²) in [4.78, 5) is 18.0. The van der Waals surface area contributed by atoms with Crippen LogP contribution in [0, 0.1) is 13.8 Å². The highest BCUT2D eigenvalue weighted by molar-refractivity contribution is 6.03. The first-order chi connectivity index (χ1) is 22.0. The third-order valence-corrected chi connectivity index (χ3v) is 10.1. The molecular weight excluding hydrogens is 578 g/mol. The zero-order valence-corrected chi connectivity index (χ0v) is 31.0. The molecule has 0 saturated carbocycles. The molecule has 1 aliphatic carbocycles. The third-order valence-electron chi connectivity index (χ3n) is 10.1. The van der Waals surface area contributed by atoms with Crippen LogP contribution in [-0.2, 0) is 15.6 Å². The van der Waals surface area contributed by atoms with Gasteiger partial charge in [0.25, 0.3) is 0 Å². The molecule has 5 rings (SSSR count). The number of aryl methyl sites for hydroxylation is 2. The molecule has 0 bridgehead atoms. The zero-order chi connectivity index (χ0) is 34.5. The van der Waals surface area contributed by atoms with Gasteiger partial charge in [-0.25, -0.2) is 4.79 Å². The molecule has 5 nitrogen and oxygen atoms in total. The first-order valence-corrected chi connectivity index (χ1v) is 17.5. The lowest BCUT2D eigenvalue weighted by molar-refractivity contribution is -0.433. The van der Waals surface area contributed by atoms with Crippen LogP contribution in [0.3, 0.4) is 0 Å². The van der Waals surface area contributed by atoms with Gasteiger partial charge in [-0.2, -0.15) is 4.58 Å². The van der Waals surface area contributed by atoms with Gasteiger partial charge in [-0.05, 0) is 117 Å². The average Bonchev–Trinajstić information content (AvgIpc) is 3.55. The van der Waals surface area contributed by atoms with Gasteiger partial charge in [0.05, 0.1) is 11.1 Å². The summed E-state index contributed by atoms with van der Waals surface area (Å²) in [6, 6.07) is 13.6. The summed E-state index contributed by atoms with van der Waals surface area (Å²) in [5, 5.41) is 0. The second kappa shape index (κ2) is 12.6. The molecule has 2 heterocycles. The van der Waals surface area contributed by atoms with E-state index in [1.54, 1.807) is 0 Å². The molecule has 2 aliphatic heterocycles. The second-order valence-electron chi connectivity index (χ2n) is 15.3. The van der Waals surface area contributed by atoms with Crippen molar-refractivity contribution in [2.75, 3.05) is 24.5 Å². The van der Waals surface area contributed by atoms with Crippen molar-refractivity contribution in [1.82, 2.24) is 4.90 Å². The molecule has 250 valence electrons. The first-order valence-electron chi connectivity index (χ1n) is 17.5. The number of hydrogen-bond acceptors (Lipinski definition) is 3. The lowest BCUT2D eigenvalue weighted by Gasteiger charge is -2.29. The summed E-state index contributed by atoms with van der Waals surface area (Å²) in [6.45, 7) is 28.2. The lowest BCUT2D eigenvalue weighted by Crippen LogP contribution is -2.36. The van der Waals surface area contributed by atoms with Crippen molar-refractivity contribution < 1.29 is 14.1 Å². The van der Waals surface area contributed by atoms with Crippen LogP contribution >= 0.6 is 0 Å². The van der Waals surface area contributed by atoms with Crippen LogP contribution in [0.2, 0.25) is 0 Å². The molecule has 1 amide bonds. The third kappa shape index (κ3) is 6.26. The van der Waals surface area contributed by atoms with Gasteiger partial charge >= 0.3 is 6.09 Å². The SMILES string of the molecule is CCN(C(=O)OC(C)(C)C)C1=C(/C=C/C2=[N+](CC)c3ccc(C)cc3C2(C)C)CC/C1=C\C=C1\N(CC)c2ccc(C)cc2C1(C)C. The number of hydrogen-bond donors (Lipinski definition) is 0. The highest BCUT2D eigenvalue weighted by Crippen LogP contribution is 2.48. The average molecular weight is 635 g/mol. The van der Waals surface area contributed by atoms with Gasteiger partial charge in [0.15, 0.2) is 5.71 Å². The van der Waals surface area contributed by atoms with E-state index < -0.39 is 5.60 Å². The van der Waals surface area contributed by atoms with Crippen molar-refractivity contribution in [2.45, 2.75) is 112 Å². The van der Waals surface area contributed by atoms with E-state index in [-0.39, 0.29) is 16.9 Å². The van der Waals surface area contributed by atoms with Gasteiger partial charge in [0, 0.05) is 47.6 Å². The van der Waals surface area contributed by atoms with Crippen molar-refractivity contribution in [2.24, 2.45) is 0 Å². The van der Waals surface area contributed by atoms with E-state index in [0.717, 1.165) is 31.6 Å². The number of amides is 1. The van der Waals surface area contributed by atoms with Gasteiger partial charge in [0.2, 0.25) is 5.69 Å². The molecule has 0 fully saturated rings. The number of allylic oxidation sites excluding steroid dienone is 7. The Kier molecular flexibility index (Phi) is 9.27. The largest absolute Gasteiger partial charge is 0.443 e. The number of rotatable bonds is 7. The predicted molar refractivity (Wildman–Crippen MR) is 197 cm³/mol. The van der Waals surface area contributed by atoms with E-state index in [0.29, 0.717) is 6.54 Å². The smallest absolute Gasteiger partial charge is 0.414 e. The second-order valence-corrected chi connectivity index (χ2v) is 15.3. The fraction of sp³-hybridized carbons (Fsp3) is 0.476. The first kappa shape index (κ1) is 34.5. The number of ether oxygens (including phenoxy) is 1. The Balaban J connectivity index is 1.62. The summed E-state index contributed by atoms with van der Waals surface area (Å²) in [5.74, 6) is 0. The maximum Gasteiger partial charge on any atom is 0.414 e. The zero-order valence-electron chi connectivity index (χ0n) is 31.0. The van der Waals surface area contributed by atoms with Crippen molar-refractivity contribution in [3.05, 3.63) is 105 Å². The summed E-state index contributed by atoms with van der Waals surface area (Å²) in [5.41, 5.74) is 12.9. The summed E-state index contributed by atoms with van der Waals surface area (Å²) in [7, 11) is 0. The molecule has 0 spiro atoms. The molecule has 3 aliphatic rings. The van der Waals surface area contributed by atoms with Crippen molar-refractivity contribution in [3.63, 3.8) is 0 Å². The molecule has 0 unspecified atom stereocenters. The molecular formula is C42H56N3O2+. The van der Waals surface area contributed by atoms with Crippen LogP contribution in [0.5, 0.6) is 0 Å². The number of benzene rings is 2. The molecule has 47 heavy (non-hydrogen) atoms. The molecule has 0 atom stereocenters. The molecule has 0 N–H and O–H groups in total. The Morgan fingerprint density at radius 3 is 2.19 bits per heavy atom. The molecule has 2 aromatic rings. The molecule has 0 aromatic heterocycles. The van der Waals surface area contributed by atoms with E-state index in [2.05, 4.69) is 126 Å². The van der Waals surface area contributed by atoms with E-state index >= 15 is 0 Å². The van der Waals surface area contributed by atoms with E-state index in [9.17, 15) is 4.79 Å². The van der Waals surface area contributed by atoms with Gasteiger partial charge in [-0.15, -0.1) is 0 Å². The number of carbonyl (C=O) groups excluding carboxylic acids is 1. The topological polar surface area (TPSA) is 35.8 Å². The molecule has 5 heteroatoms. The number of carbonyl (C=O) groups is 1. The van der Waals surface area contributed by atoms with Crippen LogP contribution < -0.4 is 4.90 Å². The fourth-order valence-corrected chi connectivity index (χ4v) is 7.70. The number of likely N-dealkylation sites (N-methyl/N-ethyl adjacent to an activating group) is 2. The van der Waals surface area contributed by atoms with E-state index in [1.807, 2.05) is 32.6 Å². The Hall–Kier alpha value is -3.86. The highest BCUT2D eigenvalue weighted by atomic mass is 16.6. The molecule has 2 aromatic carbocycles. The monoisotopic (exact) mass is 634 g/mol. The minimum absolute atomic E-state index is 0.128. The quantitative estimate of drug-likeness (QED) is 0.284. The van der Waals surface area contributed by atoms with Crippen LogP contribution in [0.25, 0.3) is 0 Å². The van der Waals surface area contributed by atoms with E-state index in [1.165, 1.54) is 56.2 Å². The van der Waals surface area contributed by atoms with Gasteiger partial charge in [-0.3, -0.25) is 4.90 Å². The maximum absolute atomic E-state index is 13.7. The molecule has 0 radical (unpaired) electrons. The standard InChI is InChI=1S/C42H56N3O2/c1-13-43-34-22-16-28(4)26-32(34)41(9,10)36(43)24-20-30-18-19-31(38(30)45(15-3)39(46)47-40(6,7)8)21-25-37-42(11,12)33-27-29(5)17-23-35(33)44(37)14-2/h16-17,20-27H,13-15,18-19H2,1-12H3/q+1. The highest BCUT2D eigenvalue weighted by Gasteiger charge is 2.44. The Bertz CT molecular complexity index is 1740. The van der Waals surface area contributed by atoms with Crippen LogP contribution in [-0.4, -0.2) is 46.5 Å². The number of anilines is 1. The fourth-order valence-electron chi connectivity index (χ4n) is 7.70. The van der Waals surface area contributed by atoms with Crippen molar-refractivity contribution in [3.8, 4) is 0 Å². The maximum atomic E-state index is 13.7. The minimum Gasteiger partial charge on any atom is -0.443 e. The van der Waals surface area contributed by atoms with Crippen LogP contribution in [0.15, 0.2) is 83.2 Å². The van der Waals surface area contributed by atoms with Gasteiger partial charge < -0.3 is 9.64 Å². The van der Waals surface area contributed by atoms with Crippen LogP contribution in [0.1, 0.15) is 104 Å². The normalized spacial score (nSPS) is 20.2. The molecule has 0 saturated heterocycles. The number of fused-ring (bicyclic) bond motifs is 2. The van der Waals surface area contributed by atoms with Crippen molar-refractivity contribution in [1.29, 1.82) is 0 Å². The Labute approximate surface area is 284 Å². The van der Waals surface area contributed by atoms with Crippen molar-refractivity contribution >= 4 is 23.2 Å². The van der Waals surface area contributed by atoms with Gasteiger partial charge in [0.1, 0.15) is 12.1 Å². The Morgan fingerprint density at radius 2 is 1.57 bits per heavy atom. The Morgan fingerprint density at radius 1 is 0.915 bits per heavy atom.